The van der Waals surface area contributed by atoms with Crippen molar-refractivity contribution < 1.29 is 90.2 Å². The summed E-state index contributed by atoms with van der Waals surface area (Å²) in [5.41, 5.74) is 2.92. The molecule has 0 unspecified atom stereocenters. The number of unbranched alkanes of at least 4 members (excludes halogenated alkanes) is 24. The highest BCUT2D eigenvalue weighted by molar-refractivity contribution is 7.48. The van der Waals surface area contributed by atoms with Gasteiger partial charge in [-0.25, -0.2) is 4.57 Å². The molecule has 2 amide bonds. The van der Waals surface area contributed by atoms with E-state index >= 15 is 14.2 Å². The summed E-state index contributed by atoms with van der Waals surface area (Å²) in [5, 5.41) is 30.8. The molecule has 0 aromatic heterocycles. The molecule has 7 aromatic rings. The van der Waals surface area contributed by atoms with E-state index in [0.717, 1.165) is 107 Å². The second-order valence-corrected chi connectivity index (χ2v) is 35.3. The van der Waals surface area contributed by atoms with Gasteiger partial charge in [0.15, 0.2) is 12.6 Å². The number of ether oxygens (including phenoxy) is 9. The lowest BCUT2D eigenvalue weighted by molar-refractivity contribution is -0.324. The van der Waals surface area contributed by atoms with E-state index in [2.05, 4.69) is 31.4 Å². The molecule has 12 atom stereocenters. The number of amides is 2. The molecule has 0 aliphatic carbocycles. The average molecular weight is 1740 g/mol. The summed E-state index contributed by atoms with van der Waals surface area (Å²) in [6.45, 7) is 5.32. The predicted octanol–water partition coefficient (Wildman–Crippen LogP) is 22.2. The van der Waals surface area contributed by atoms with Crippen LogP contribution in [0.25, 0.3) is 0 Å². The molecule has 7 aromatic carbocycles. The Morgan fingerprint density at radius 1 is 0.408 bits per heavy atom. The molecule has 21 nitrogen and oxygen atoms in total. The van der Waals surface area contributed by atoms with E-state index < -0.39 is 112 Å². The molecular weight excluding hydrogens is 1600 g/mol. The molecule has 0 bridgehead atoms. The molecule has 125 heavy (non-hydrogen) atoms. The van der Waals surface area contributed by atoms with Crippen LogP contribution >= 0.6 is 7.82 Å². The summed E-state index contributed by atoms with van der Waals surface area (Å²) in [7, 11) is -4.83. The highest BCUT2D eigenvalue weighted by Gasteiger charge is 2.60. The third kappa shape index (κ3) is 38.2. The molecule has 684 valence electrons. The number of carboxylic acid groups (broad SMARTS) is 1. The first-order valence-electron chi connectivity index (χ1n) is 46.7. The Bertz CT molecular complexity index is 4010. The number of carbonyl (C=O) groups is 4. The number of nitrogens with one attached hydrogen (secondary N) is 2. The fourth-order valence-electron chi connectivity index (χ4n) is 16.3. The van der Waals surface area contributed by atoms with Crippen LogP contribution in [0.1, 0.15) is 272 Å². The van der Waals surface area contributed by atoms with Gasteiger partial charge in [-0.15, -0.1) is 0 Å². The van der Waals surface area contributed by atoms with Crippen molar-refractivity contribution in [1.29, 1.82) is 0 Å². The van der Waals surface area contributed by atoms with Crippen LogP contribution in [0.4, 0.5) is 0 Å². The Labute approximate surface area is 744 Å². The van der Waals surface area contributed by atoms with Crippen molar-refractivity contribution in [2.45, 2.75) is 352 Å². The minimum atomic E-state index is -4.83. The zero-order chi connectivity index (χ0) is 88.0. The van der Waals surface area contributed by atoms with Gasteiger partial charge in [0.25, 0.3) is 0 Å². The van der Waals surface area contributed by atoms with Gasteiger partial charge in [-0.1, -0.05) is 394 Å². The van der Waals surface area contributed by atoms with Crippen LogP contribution in [0.3, 0.4) is 0 Å². The molecule has 2 heterocycles. The number of carboxylic acids is 1. The third-order valence-corrected chi connectivity index (χ3v) is 24.7. The number of phosphoric acid groups is 1. The molecule has 22 heteroatoms. The van der Waals surface area contributed by atoms with Crippen molar-refractivity contribution in [3.05, 3.63) is 251 Å². The van der Waals surface area contributed by atoms with Crippen LogP contribution in [0.5, 0.6) is 0 Å². The second-order valence-electron chi connectivity index (χ2n) is 33.7. The Balaban J connectivity index is 1.12. The van der Waals surface area contributed by atoms with E-state index in [4.69, 9.17) is 56.2 Å². The quantitative estimate of drug-likeness (QED) is 0.0157. The second kappa shape index (κ2) is 59.3. The Hall–Kier alpha value is -7.83. The number of hydrogen-bond acceptors (Lipinski definition) is 18. The molecule has 2 aliphatic heterocycles. The fourth-order valence-corrected chi connectivity index (χ4v) is 17.7. The monoisotopic (exact) mass is 1740 g/mol. The number of carbonyl (C=O) groups excluding carboxylic acids is 3. The lowest BCUT2D eigenvalue weighted by Crippen LogP contribution is -2.75. The Morgan fingerprint density at radius 3 is 1.23 bits per heavy atom. The van der Waals surface area contributed by atoms with Gasteiger partial charge in [-0.3, -0.25) is 32.7 Å². The largest absolute Gasteiger partial charge is 0.481 e. The predicted molar refractivity (Wildman–Crippen MR) is 486 cm³/mol. The van der Waals surface area contributed by atoms with Crippen molar-refractivity contribution in [3.8, 4) is 0 Å². The van der Waals surface area contributed by atoms with Gasteiger partial charge in [0.1, 0.15) is 54.3 Å². The maximum absolute atomic E-state index is 16.2. The molecule has 0 spiro atoms. The zero-order valence-electron chi connectivity index (χ0n) is 74.5. The van der Waals surface area contributed by atoms with Gasteiger partial charge in [0.05, 0.1) is 84.8 Å². The Morgan fingerprint density at radius 2 is 0.784 bits per heavy atom. The maximum atomic E-state index is 16.2. The van der Waals surface area contributed by atoms with E-state index in [0.29, 0.717) is 47.9 Å². The van der Waals surface area contributed by atoms with Gasteiger partial charge in [0.2, 0.25) is 11.8 Å². The average Bonchev–Trinajstić information content (AvgIpc) is 0.745. The molecule has 2 saturated heterocycles. The minimum absolute atomic E-state index is 0.0768. The smallest absolute Gasteiger partial charge is 0.475 e. The topological polar surface area (TPSA) is 261 Å². The number of benzene rings is 7. The third-order valence-electron chi connectivity index (χ3n) is 23.3. The number of esters is 1. The number of aliphatic carboxylic acids is 1. The highest BCUT2D eigenvalue weighted by Crippen LogP contribution is 2.54. The summed E-state index contributed by atoms with van der Waals surface area (Å²) in [6, 6.07) is 64.1. The van der Waals surface area contributed by atoms with Crippen molar-refractivity contribution >= 4 is 31.6 Å². The van der Waals surface area contributed by atoms with Crippen molar-refractivity contribution in [2.75, 3.05) is 13.2 Å². The van der Waals surface area contributed by atoms with Gasteiger partial charge in [-0.2, -0.15) is 0 Å². The molecule has 0 radical (unpaired) electrons. The first kappa shape index (κ1) is 101. The fraction of sp³-hybridized carbons (Fsp3) is 0.553. The maximum Gasteiger partial charge on any atom is 0.475 e. The number of aliphatic hydroxyl groups is 1. The first-order valence-corrected chi connectivity index (χ1v) is 48.2. The van der Waals surface area contributed by atoms with Crippen LogP contribution < -0.4 is 10.6 Å². The van der Waals surface area contributed by atoms with Crippen molar-refractivity contribution in [3.63, 3.8) is 0 Å². The van der Waals surface area contributed by atoms with Crippen molar-refractivity contribution in [1.82, 2.24) is 10.6 Å². The van der Waals surface area contributed by atoms with E-state index in [1.807, 2.05) is 212 Å². The molecule has 2 fully saturated rings. The summed E-state index contributed by atoms with van der Waals surface area (Å²) < 4.78 is 98.5. The molecular formula is C103H143N2O19P. The van der Waals surface area contributed by atoms with Crippen LogP contribution in [0.2, 0.25) is 0 Å². The molecule has 2 aliphatic rings. The highest BCUT2D eigenvalue weighted by atomic mass is 31.2. The summed E-state index contributed by atoms with van der Waals surface area (Å²) in [4.78, 5) is 59.3. The van der Waals surface area contributed by atoms with Gasteiger partial charge in [0, 0.05) is 6.42 Å². The number of rotatable bonds is 66. The molecule has 0 saturated carbocycles. The van der Waals surface area contributed by atoms with Crippen molar-refractivity contribution in [2.24, 2.45) is 0 Å². The SMILES string of the molecule is CCCCCCCCCCCC(=O)O[C@H](CCCCCCCCCCC)CC(=O)N[C@H]1[C@H](OC[C@H]2O[C@H](O)[C@](CC(=O)O)(NC(=O)C[C@@H](CCCCCCCCCCC)OCc3ccccc3)[C@@H](OCc3ccccc3)[C@@H]2OCc2ccccc2)O[C@H](COCc2ccccc2)[C@@H](OP(=O)(OCc2ccccc2)OCc2ccccc2)[C@@H]1OCc1ccccc1. The van der Waals surface area contributed by atoms with Crippen LogP contribution in [-0.4, -0.2) is 120 Å². The number of hydrogen-bond donors (Lipinski definition) is 4. The normalized spacial score (nSPS) is 20.0. The summed E-state index contributed by atoms with van der Waals surface area (Å²) in [6.07, 6.45) is 14.9. The molecule has 4 N–H and O–H groups in total. The van der Waals surface area contributed by atoms with E-state index in [1.54, 1.807) is 0 Å². The van der Waals surface area contributed by atoms with Gasteiger partial charge in [-0.05, 0) is 64.6 Å². The minimum Gasteiger partial charge on any atom is -0.481 e. The first-order chi connectivity index (χ1) is 61.2. The number of aliphatic hydroxyl groups excluding tert-OH is 1. The van der Waals surface area contributed by atoms with Crippen LogP contribution in [-0.2, 0) is 126 Å². The van der Waals surface area contributed by atoms with E-state index in [1.165, 1.54) is 70.6 Å². The lowest BCUT2D eigenvalue weighted by Gasteiger charge is -2.52. The zero-order valence-corrected chi connectivity index (χ0v) is 75.4. The summed E-state index contributed by atoms with van der Waals surface area (Å²) in [5.74, 6) is -2.97. The van der Waals surface area contributed by atoms with Crippen LogP contribution in [0, 0.1) is 0 Å². The standard InChI is InChI=1S/C103H143N2O19P/c1-4-7-10-13-16-19-22-25-49-66-88(114-73-82-54-37-29-38-55-82)69-93(107)105-103(71-94(108)109)100(117-76-85-60-43-32-44-61-85)98(115-74-83-56-39-30-40-57-83)91(123-102(103)111)80-118-101-96(104-92(106)70-89(67-50-26-23-20-17-14-11-8-5-2)121-95(110)68-51-27-24-21-18-15-12-9-6-3)99(116-75-84-58-41-31-42-59-84)97(90(122-101)79-113-72-81-52-35-28-36-53-81)124-125(112,119-77-86-62-45-33-46-63-86)120-78-87-64-47-34-48-65-87/h28-48,52-65,88-91,96-102,111H,4-27,49-51,66-80H2,1-3H3,(H,104,106)(H,105,107)(H,108,109)/t88-,89-,90-,91-,96-,97-,98-,99-,100+,101-,102+,103-/m1/s1. The van der Waals surface area contributed by atoms with E-state index in [-0.39, 0.29) is 78.1 Å². The molecule has 9 rings (SSSR count). The summed E-state index contributed by atoms with van der Waals surface area (Å²) >= 11 is 0. The van der Waals surface area contributed by atoms with Gasteiger partial charge >= 0.3 is 19.8 Å². The Kier molecular flexibility index (Phi) is 47.9. The lowest BCUT2D eigenvalue weighted by atomic mass is 9.79. The van der Waals surface area contributed by atoms with Crippen LogP contribution in [0.15, 0.2) is 212 Å². The van der Waals surface area contributed by atoms with E-state index in [9.17, 15) is 19.8 Å². The number of phosphoric ester groups is 1. The van der Waals surface area contributed by atoms with Gasteiger partial charge < -0.3 is 63.5 Å².